The van der Waals surface area contributed by atoms with Crippen molar-refractivity contribution in [2.75, 3.05) is 13.2 Å². The Balaban J connectivity index is 1.76. The van der Waals surface area contributed by atoms with Gasteiger partial charge >= 0.3 is 5.97 Å². The molecule has 32 heavy (non-hydrogen) atoms. The summed E-state index contributed by atoms with van der Waals surface area (Å²) in [5, 5.41) is 7.93. The molecule has 0 aliphatic rings. The third-order valence-corrected chi connectivity index (χ3v) is 6.88. The summed E-state index contributed by atoms with van der Waals surface area (Å²) in [6.45, 7) is 0.916. The summed E-state index contributed by atoms with van der Waals surface area (Å²) in [5.41, 5.74) is 0.764. The molecule has 1 amide bonds. The van der Waals surface area contributed by atoms with Gasteiger partial charge in [-0.3, -0.25) is 9.59 Å². The molecule has 0 radical (unpaired) electrons. The van der Waals surface area contributed by atoms with E-state index in [1.165, 1.54) is 43.3 Å². The molecule has 0 unspecified atom stereocenters. The molecule has 1 atom stereocenters. The number of rotatable bonds is 10. The number of primary sulfonamides is 1. The zero-order chi connectivity index (χ0) is 23.9. The van der Waals surface area contributed by atoms with Crippen LogP contribution < -0.4 is 15.2 Å². The van der Waals surface area contributed by atoms with E-state index in [9.17, 15) is 26.4 Å². The van der Waals surface area contributed by atoms with Gasteiger partial charge < -0.3 is 10.1 Å². The van der Waals surface area contributed by atoms with Gasteiger partial charge in [-0.2, -0.15) is 4.72 Å². The van der Waals surface area contributed by atoms with E-state index in [2.05, 4.69) is 10.0 Å². The van der Waals surface area contributed by atoms with Gasteiger partial charge in [-0.15, -0.1) is 0 Å². The van der Waals surface area contributed by atoms with Crippen LogP contribution in [0.1, 0.15) is 12.5 Å². The molecule has 0 fully saturated rings. The quantitative estimate of drug-likeness (QED) is 0.399. The number of halogens is 1. The van der Waals surface area contributed by atoms with Crippen LogP contribution in [0.3, 0.4) is 0 Å². The molecule has 0 spiro atoms. The summed E-state index contributed by atoms with van der Waals surface area (Å²) in [7, 11) is -7.74. The second-order valence-electron chi connectivity index (χ2n) is 6.69. The van der Waals surface area contributed by atoms with Crippen LogP contribution in [-0.2, 0) is 40.8 Å². The van der Waals surface area contributed by atoms with Gasteiger partial charge in [0.05, 0.1) is 9.79 Å². The first kappa shape index (κ1) is 25.7. The number of hydrogen-bond donors (Lipinski definition) is 3. The maximum atomic E-state index is 12.3. The van der Waals surface area contributed by atoms with Gasteiger partial charge in [-0.05, 0) is 55.3 Å². The SMILES string of the molecule is C[C@H](NS(=O)(=O)c1ccc(Cl)cc1)C(=O)OCC(=O)NCCc1ccc(S(N)(=O)=O)cc1. The molecule has 0 saturated carbocycles. The maximum absolute atomic E-state index is 12.3. The highest BCUT2D eigenvalue weighted by molar-refractivity contribution is 7.89. The Kier molecular flexibility index (Phi) is 8.75. The third-order valence-electron chi connectivity index (χ3n) is 4.14. The molecule has 0 aliphatic heterocycles. The molecule has 13 heteroatoms. The van der Waals surface area contributed by atoms with Crippen molar-refractivity contribution in [3.05, 3.63) is 59.1 Å². The molecule has 10 nitrogen and oxygen atoms in total. The van der Waals surface area contributed by atoms with Gasteiger partial charge in [-0.25, -0.2) is 22.0 Å². The fourth-order valence-corrected chi connectivity index (χ4v) is 4.30. The Morgan fingerprint density at radius 3 is 2.12 bits per heavy atom. The first-order chi connectivity index (χ1) is 14.9. The monoisotopic (exact) mass is 503 g/mol. The van der Waals surface area contributed by atoms with Crippen LogP contribution in [0.2, 0.25) is 5.02 Å². The molecular formula is C19H22ClN3O7S2. The number of benzene rings is 2. The van der Waals surface area contributed by atoms with Crippen molar-refractivity contribution in [1.29, 1.82) is 0 Å². The summed E-state index contributed by atoms with van der Waals surface area (Å²) in [4.78, 5) is 23.8. The highest BCUT2D eigenvalue weighted by atomic mass is 35.5. The van der Waals surface area contributed by atoms with Crippen molar-refractivity contribution >= 4 is 43.5 Å². The average Bonchev–Trinajstić information content (AvgIpc) is 2.71. The van der Waals surface area contributed by atoms with Gasteiger partial charge in [0.1, 0.15) is 6.04 Å². The first-order valence-corrected chi connectivity index (χ1v) is 12.6. The smallest absolute Gasteiger partial charge is 0.324 e. The van der Waals surface area contributed by atoms with Crippen LogP contribution in [0.15, 0.2) is 58.3 Å². The van der Waals surface area contributed by atoms with E-state index in [0.29, 0.717) is 11.4 Å². The lowest BCUT2D eigenvalue weighted by Gasteiger charge is -2.14. The van der Waals surface area contributed by atoms with Crippen molar-refractivity contribution in [3.63, 3.8) is 0 Å². The second-order valence-corrected chi connectivity index (χ2v) is 10.4. The van der Waals surface area contributed by atoms with Gasteiger partial charge in [0.15, 0.2) is 6.61 Å². The van der Waals surface area contributed by atoms with Crippen LogP contribution in [0.5, 0.6) is 0 Å². The van der Waals surface area contributed by atoms with E-state index < -0.39 is 44.6 Å². The van der Waals surface area contributed by atoms with E-state index in [1.807, 2.05) is 0 Å². The zero-order valence-electron chi connectivity index (χ0n) is 16.9. The molecule has 0 bridgehead atoms. The van der Waals surface area contributed by atoms with Crippen LogP contribution >= 0.6 is 11.6 Å². The predicted molar refractivity (Wildman–Crippen MR) is 117 cm³/mol. The van der Waals surface area contributed by atoms with Crippen LogP contribution in [0, 0.1) is 0 Å². The summed E-state index contributed by atoms with van der Waals surface area (Å²) in [5.74, 6) is -1.50. The minimum atomic E-state index is -3.97. The lowest BCUT2D eigenvalue weighted by Crippen LogP contribution is -2.41. The van der Waals surface area contributed by atoms with Crippen LogP contribution in [0.25, 0.3) is 0 Å². The number of carbonyl (C=O) groups excluding carboxylic acids is 2. The number of sulfonamides is 2. The molecule has 0 saturated heterocycles. The number of hydrogen-bond acceptors (Lipinski definition) is 7. The third kappa shape index (κ3) is 7.88. The molecule has 0 aliphatic carbocycles. The van der Waals surface area contributed by atoms with E-state index >= 15 is 0 Å². The Morgan fingerprint density at radius 1 is 1.00 bits per heavy atom. The molecule has 174 valence electrons. The fraction of sp³-hybridized carbons (Fsp3) is 0.263. The number of amides is 1. The zero-order valence-corrected chi connectivity index (χ0v) is 19.3. The van der Waals surface area contributed by atoms with Gasteiger partial charge in [0, 0.05) is 11.6 Å². The normalized spacial score (nSPS) is 12.7. The number of nitrogens with one attached hydrogen (secondary N) is 2. The van der Waals surface area contributed by atoms with E-state index in [1.54, 1.807) is 12.1 Å². The molecule has 2 aromatic carbocycles. The topological polar surface area (TPSA) is 162 Å². The van der Waals surface area contributed by atoms with Gasteiger partial charge in [0.2, 0.25) is 20.0 Å². The number of ether oxygens (including phenoxy) is 1. The summed E-state index contributed by atoms with van der Waals surface area (Å²) in [6, 6.07) is 10.0. The predicted octanol–water partition coefficient (Wildman–Crippen LogP) is 0.556. The Hall–Kier alpha value is -2.51. The highest BCUT2D eigenvalue weighted by Crippen LogP contribution is 2.14. The number of nitrogens with two attached hydrogens (primary N) is 1. The molecule has 0 aromatic heterocycles. The second kappa shape index (κ2) is 10.9. The number of carbonyl (C=O) groups is 2. The molecule has 2 aromatic rings. The van der Waals surface area contributed by atoms with Crippen molar-refractivity contribution in [1.82, 2.24) is 10.0 Å². The Bertz CT molecular complexity index is 1170. The molecule has 4 N–H and O–H groups in total. The summed E-state index contributed by atoms with van der Waals surface area (Å²) >= 11 is 5.73. The lowest BCUT2D eigenvalue weighted by atomic mass is 10.1. The van der Waals surface area contributed by atoms with Crippen molar-refractivity contribution < 1.29 is 31.2 Å². The van der Waals surface area contributed by atoms with E-state index in [4.69, 9.17) is 21.5 Å². The Morgan fingerprint density at radius 2 is 1.56 bits per heavy atom. The van der Waals surface area contributed by atoms with Crippen molar-refractivity contribution in [2.24, 2.45) is 5.14 Å². The van der Waals surface area contributed by atoms with Crippen molar-refractivity contribution in [2.45, 2.75) is 29.2 Å². The average molecular weight is 504 g/mol. The lowest BCUT2D eigenvalue weighted by molar-refractivity contribution is -0.149. The van der Waals surface area contributed by atoms with Gasteiger partial charge in [0.25, 0.3) is 5.91 Å². The van der Waals surface area contributed by atoms with Crippen LogP contribution in [0.4, 0.5) is 0 Å². The minimum Gasteiger partial charge on any atom is -0.454 e. The summed E-state index contributed by atoms with van der Waals surface area (Å²) in [6.07, 6.45) is 0.405. The highest BCUT2D eigenvalue weighted by Gasteiger charge is 2.23. The van der Waals surface area contributed by atoms with Crippen molar-refractivity contribution in [3.8, 4) is 0 Å². The van der Waals surface area contributed by atoms with Crippen LogP contribution in [-0.4, -0.2) is 47.9 Å². The fourth-order valence-electron chi connectivity index (χ4n) is 2.47. The minimum absolute atomic E-state index is 0.0157. The number of esters is 1. The Labute approximate surface area is 191 Å². The standard InChI is InChI=1S/C19H22ClN3O7S2/c1-13(23-32(28,29)17-8-4-15(20)5-9-17)19(25)30-12-18(24)22-11-10-14-2-6-16(7-3-14)31(21,26)27/h2-9,13,23H,10-12H2,1H3,(H,22,24)(H2,21,26,27)/t13-/m0/s1. The van der Waals surface area contributed by atoms with E-state index in [0.717, 1.165) is 5.56 Å². The first-order valence-electron chi connectivity index (χ1n) is 9.21. The molecular weight excluding hydrogens is 482 g/mol. The summed E-state index contributed by atoms with van der Waals surface area (Å²) < 4.78 is 54.0. The van der Waals surface area contributed by atoms with Gasteiger partial charge in [-0.1, -0.05) is 23.7 Å². The molecule has 0 heterocycles. The van der Waals surface area contributed by atoms with E-state index in [-0.39, 0.29) is 16.3 Å². The maximum Gasteiger partial charge on any atom is 0.324 e. The largest absolute Gasteiger partial charge is 0.454 e. The molecule has 2 rings (SSSR count).